The van der Waals surface area contributed by atoms with Crippen LogP contribution in [0, 0.1) is 13.8 Å². The van der Waals surface area contributed by atoms with Gasteiger partial charge in [0, 0.05) is 43.2 Å². The van der Waals surface area contributed by atoms with Crippen molar-refractivity contribution in [1.82, 2.24) is 15.0 Å². The highest BCUT2D eigenvalue weighted by Crippen LogP contribution is 2.25. The van der Waals surface area contributed by atoms with Gasteiger partial charge in [-0.05, 0) is 50.9 Å². The highest BCUT2D eigenvalue weighted by molar-refractivity contribution is 7.98. The molecule has 1 aliphatic heterocycles. The highest BCUT2D eigenvalue weighted by atomic mass is 32.2. The van der Waals surface area contributed by atoms with Crippen LogP contribution < -0.4 is 5.32 Å². The van der Waals surface area contributed by atoms with Gasteiger partial charge in [-0.1, -0.05) is 17.3 Å². The summed E-state index contributed by atoms with van der Waals surface area (Å²) in [6, 6.07) is 8.29. The largest absolute Gasteiger partial charge is 0.361 e. The summed E-state index contributed by atoms with van der Waals surface area (Å²) >= 11 is 7.41. The second kappa shape index (κ2) is 8.88. The Morgan fingerprint density at radius 3 is 2.77 bits per heavy atom. The van der Waals surface area contributed by atoms with Crippen LogP contribution in [0.25, 0.3) is 0 Å². The fourth-order valence-electron chi connectivity index (χ4n) is 3.23. The summed E-state index contributed by atoms with van der Waals surface area (Å²) in [7, 11) is 0. The van der Waals surface area contributed by atoms with Crippen molar-refractivity contribution in [2.24, 2.45) is 0 Å². The van der Waals surface area contributed by atoms with E-state index in [2.05, 4.69) is 44.7 Å². The van der Waals surface area contributed by atoms with Gasteiger partial charge < -0.3 is 14.7 Å². The van der Waals surface area contributed by atoms with Crippen LogP contribution in [-0.4, -0.2) is 52.5 Å². The van der Waals surface area contributed by atoms with Gasteiger partial charge in [0.25, 0.3) is 0 Å². The lowest BCUT2D eigenvalue weighted by atomic mass is 10.2. The van der Waals surface area contributed by atoms with Crippen LogP contribution in [0.3, 0.4) is 0 Å². The Kier molecular flexibility index (Phi) is 6.56. The van der Waals surface area contributed by atoms with Gasteiger partial charge in [0.1, 0.15) is 5.76 Å². The van der Waals surface area contributed by atoms with E-state index in [9.17, 15) is 0 Å². The van der Waals surface area contributed by atoms with E-state index in [4.69, 9.17) is 16.7 Å². The predicted octanol–water partition coefficient (Wildman–Crippen LogP) is 3.92. The minimum Gasteiger partial charge on any atom is -0.361 e. The molecule has 0 atom stereocenters. The van der Waals surface area contributed by atoms with Crippen LogP contribution in [0.4, 0.5) is 5.69 Å². The zero-order valence-electron chi connectivity index (χ0n) is 15.6. The molecule has 5 nitrogen and oxygen atoms in total. The predicted molar refractivity (Wildman–Crippen MR) is 112 cm³/mol. The molecule has 0 amide bonds. The van der Waals surface area contributed by atoms with E-state index in [0.717, 1.165) is 61.4 Å². The summed E-state index contributed by atoms with van der Waals surface area (Å²) in [6.45, 7) is 8.84. The second-order valence-corrected chi connectivity index (χ2v) is 7.78. The number of aromatic nitrogens is 1. The third-order valence-corrected chi connectivity index (χ3v) is 5.94. The Bertz CT molecular complexity index is 742. The number of nitrogens with one attached hydrogen (secondary N) is 1. The van der Waals surface area contributed by atoms with Gasteiger partial charge >= 0.3 is 0 Å². The third kappa shape index (κ3) is 4.58. The lowest BCUT2D eigenvalue weighted by Gasteiger charge is -2.25. The maximum Gasteiger partial charge on any atom is 0.173 e. The molecule has 3 rings (SSSR count). The quantitative estimate of drug-likeness (QED) is 0.627. The smallest absolute Gasteiger partial charge is 0.173 e. The fourth-order valence-corrected chi connectivity index (χ4v) is 4.07. The van der Waals surface area contributed by atoms with E-state index in [1.807, 2.05) is 19.9 Å². The van der Waals surface area contributed by atoms with Crippen molar-refractivity contribution < 1.29 is 4.52 Å². The third-order valence-electron chi connectivity index (χ3n) is 4.79. The van der Waals surface area contributed by atoms with E-state index in [1.54, 1.807) is 11.8 Å². The Balaban J connectivity index is 1.58. The number of hydrogen-bond acceptors (Lipinski definition) is 5. The standard InChI is InChI=1S/C19H26N4OS2/c1-14-16(15(2)24-21-14)13-22-9-6-10-23(12-11-22)19(25)20-17-7-4-5-8-18(17)26-3/h4-5,7-8H,6,9-13H2,1-3H3,(H,20,25). The van der Waals surface area contributed by atoms with Gasteiger partial charge in [-0.2, -0.15) is 0 Å². The highest BCUT2D eigenvalue weighted by Gasteiger charge is 2.20. The molecule has 2 heterocycles. The van der Waals surface area contributed by atoms with E-state index in [0.29, 0.717) is 0 Å². The van der Waals surface area contributed by atoms with Crippen LogP contribution in [-0.2, 0) is 6.54 Å². The molecule has 2 aromatic rings. The van der Waals surface area contributed by atoms with Crippen LogP contribution in [0.5, 0.6) is 0 Å². The van der Waals surface area contributed by atoms with Gasteiger partial charge in [0.05, 0.1) is 11.4 Å². The van der Waals surface area contributed by atoms with Crippen molar-refractivity contribution in [1.29, 1.82) is 0 Å². The van der Waals surface area contributed by atoms with Crippen molar-refractivity contribution in [2.75, 3.05) is 37.8 Å². The molecule has 1 N–H and O–H groups in total. The molecule has 1 aromatic carbocycles. The second-order valence-electron chi connectivity index (χ2n) is 6.55. The number of nitrogens with zero attached hydrogens (tertiary/aromatic N) is 3. The monoisotopic (exact) mass is 390 g/mol. The van der Waals surface area contributed by atoms with Gasteiger partial charge in [-0.3, -0.25) is 4.90 Å². The van der Waals surface area contributed by atoms with E-state index in [-0.39, 0.29) is 0 Å². The molecule has 1 fully saturated rings. The first-order chi connectivity index (χ1) is 12.6. The zero-order valence-corrected chi connectivity index (χ0v) is 17.3. The lowest BCUT2D eigenvalue weighted by molar-refractivity contribution is 0.275. The van der Waals surface area contributed by atoms with E-state index in [1.165, 1.54) is 10.5 Å². The molecule has 26 heavy (non-hydrogen) atoms. The molecule has 0 saturated carbocycles. The van der Waals surface area contributed by atoms with Crippen LogP contribution in [0.15, 0.2) is 33.7 Å². The van der Waals surface area contributed by atoms with Crippen molar-refractivity contribution in [3.63, 3.8) is 0 Å². The average Bonchev–Trinajstić information content (AvgIpc) is 2.85. The number of anilines is 1. The first-order valence-corrected chi connectivity index (χ1v) is 10.5. The summed E-state index contributed by atoms with van der Waals surface area (Å²) in [5.74, 6) is 0.925. The molecule has 7 heteroatoms. The van der Waals surface area contributed by atoms with Crippen molar-refractivity contribution in [3.05, 3.63) is 41.3 Å². The maximum atomic E-state index is 5.68. The van der Waals surface area contributed by atoms with Gasteiger partial charge in [0.15, 0.2) is 5.11 Å². The molecular weight excluding hydrogens is 364 g/mol. The topological polar surface area (TPSA) is 44.5 Å². The van der Waals surface area contributed by atoms with Gasteiger partial charge in [-0.25, -0.2) is 0 Å². The summed E-state index contributed by atoms with van der Waals surface area (Å²) in [4.78, 5) is 5.95. The number of rotatable bonds is 4. The normalized spacial score (nSPS) is 15.7. The van der Waals surface area contributed by atoms with E-state index < -0.39 is 0 Å². The zero-order chi connectivity index (χ0) is 18.5. The summed E-state index contributed by atoms with van der Waals surface area (Å²) < 4.78 is 5.30. The summed E-state index contributed by atoms with van der Waals surface area (Å²) in [5, 5.41) is 8.31. The van der Waals surface area contributed by atoms with Gasteiger partial charge in [0.2, 0.25) is 0 Å². The average molecular weight is 391 g/mol. The Labute approximate surface area is 165 Å². The molecule has 0 aliphatic carbocycles. The Hall–Kier alpha value is -1.57. The van der Waals surface area contributed by atoms with Crippen LogP contribution in [0.2, 0.25) is 0 Å². The molecule has 0 spiro atoms. The van der Waals surface area contributed by atoms with E-state index >= 15 is 0 Å². The Morgan fingerprint density at radius 1 is 1.23 bits per heavy atom. The van der Waals surface area contributed by atoms with Crippen molar-refractivity contribution in [2.45, 2.75) is 31.7 Å². The molecule has 0 bridgehead atoms. The molecule has 1 saturated heterocycles. The van der Waals surface area contributed by atoms with Crippen molar-refractivity contribution >= 4 is 34.8 Å². The van der Waals surface area contributed by atoms with Crippen LogP contribution in [0.1, 0.15) is 23.4 Å². The lowest BCUT2D eigenvalue weighted by Crippen LogP contribution is -2.37. The number of thioether (sulfide) groups is 1. The summed E-state index contributed by atoms with van der Waals surface area (Å²) in [5.41, 5.74) is 3.30. The number of aryl methyl sites for hydroxylation is 2. The number of para-hydroxylation sites is 1. The first-order valence-electron chi connectivity index (χ1n) is 8.91. The van der Waals surface area contributed by atoms with Crippen LogP contribution >= 0.6 is 24.0 Å². The number of thiocarbonyl (C=S) groups is 1. The molecule has 140 valence electrons. The van der Waals surface area contributed by atoms with Crippen molar-refractivity contribution in [3.8, 4) is 0 Å². The molecule has 0 radical (unpaired) electrons. The Morgan fingerprint density at radius 2 is 2.04 bits per heavy atom. The summed E-state index contributed by atoms with van der Waals surface area (Å²) in [6.07, 6.45) is 3.18. The molecule has 1 aliphatic rings. The minimum absolute atomic E-state index is 0.811. The van der Waals surface area contributed by atoms with Gasteiger partial charge in [-0.15, -0.1) is 11.8 Å². The number of hydrogen-bond donors (Lipinski definition) is 1. The molecular formula is C19H26N4OS2. The molecule has 0 unspecified atom stereocenters. The fraction of sp³-hybridized carbons (Fsp3) is 0.474. The SMILES string of the molecule is CSc1ccccc1NC(=S)N1CCCN(Cc2c(C)noc2C)CC1. The molecule has 1 aromatic heterocycles. The number of benzene rings is 1. The first kappa shape index (κ1) is 19.2. The maximum absolute atomic E-state index is 5.68. The minimum atomic E-state index is 0.811.